The van der Waals surface area contributed by atoms with E-state index in [1.807, 2.05) is 31.5 Å². The predicted octanol–water partition coefficient (Wildman–Crippen LogP) is 1.58. The van der Waals surface area contributed by atoms with Gasteiger partial charge in [0.05, 0.1) is 13.2 Å². The molecule has 0 aliphatic carbocycles. The maximum absolute atomic E-state index is 5.46. The summed E-state index contributed by atoms with van der Waals surface area (Å²) in [5.74, 6) is 2.70. The van der Waals surface area contributed by atoms with Crippen molar-refractivity contribution in [2.24, 2.45) is 0 Å². The van der Waals surface area contributed by atoms with Crippen LogP contribution < -0.4 is 15.1 Å². The lowest BCUT2D eigenvalue weighted by Crippen LogP contribution is -2.37. The van der Waals surface area contributed by atoms with Crippen LogP contribution in [0.4, 0.5) is 17.3 Å². The van der Waals surface area contributed by atoms with Crippen molar-refractivity contribution >= 4 is 17.3 Å². The molecule has 1 N–H and O–H groups in total. The second-order valence-corrected chi connectivity index (χ2v) is 5.83. The van der Waals surface area contributed by atoms with Crippen LogP contribution in [0, 0.1) is 6.92 Å². The van der Waals surface area contributed by atoms with Gasteiger partial charge < -0.3 is 19.9 Å². The molecule has 2 aromatic heterocycles. The highest BCUT2D eigenvalue weighted by Gasteiger charge is 2.33. The summed E-state index contributed by atoms with van der Waals surface area (Å²) in [5, 5.41) is 3.58. The van der Waals surface area contributed by atoms with Gasteiger partial charge in [0.25, 0.3) is 0 Å². The minimum atomic E-state index is 0.0453. The van der Waals surface area contributed by atoms with E-state index in [0.717, 1.165) is 55.0 Å². The van der Waals surface area contributed by atoms with E-state index < -0.39 is 0 Å². The quantitative estimate of drug-likeness (QED) is 0.903. The van der Waals surface area contributed by atoms with Crippen molar-refractivity contribution in [2.75, 3.05) is 48.5 Å². The van der Waals surface area contributed by atoms with E-state index >= 15 is 0 Å². The fourth-order valence-corrected chi connectivity index (χ4v) is 3.14. The second kappa shape index (κ2) is 5.66. The van der Waals surface area contributed by atoms with E-state index in [0.29, 0.717) is 0 Å². The van der Waals surface area contributed by atoms with Gasteiger partial charge in [-0.1, -0.05) is 0 Å². The Morgan fingerprint density at radius 3 is 2.57 bits per heavy atom. The summed E-state index contributed by atoms with van der Waals surface area (Å²) in [4.78, 5) is 17.9. The van der Waals surface area contributed by atoms with E-state index in [4.69, 9.17) is 4.74 Å². The molecule has 1 atom stereocenters. The van der Waals surface area contributed by atoms with Gasteiger partial charge in [0.15, 0.2) is 11.6 Å². The number of ether oxygens (including phenoxy) is 1. The molecule has 120 valence electrons. The molecule has 0 saturated carbocycles. The third kappa shape index (κ3) is 2.46. The Labute approximate surface area is 135 Å². The molecule has 7 heteroatoms. The molecule has 7 nitrogen and oxygen atoms in total. The van der Waals surface area contributed by atoms with Crippen LogP contribution in [0.15, 0.2) is 24.5 Å². The fraction of sp³-hybridized carbons (Fsp3) is 0.438. The molecule has 1 fully saturated rings. The van der Waals surface area contributed by atoms with Gasteiger partial charge in [-0.25, -0.2) is 9.97 Å². The molecule has 0 spiro atoms. The number of anilines is 3. The molecule has 0 radical (unpaired) electrons. The molecule has 1 saturated heterocycles. The topological polar surface area (TPSA) is 66.4 Å². The van der Waals surface area contributed by atoms with Crippen LogP contribution in [0.1, 0.15) is 17.6 Å². The molecule has 2 aliphatic rings. The molecule has 2 aromatic rings. The average molecular weight is 312 g/mol. The maximum Gasteiger partial charge on any atom is 0.159 e. The zero-order valence-electron chi connectivity index (χ0n) is 13.4. The first-order valence-corrected chi connectivity index (χ1v) is 7.84. The van der Waals surface area contributed by atoms with E-state index in [-0.39, 0.29) is 6.17 Å². The first-order valence-electron chi connectivity index (χ1n) is 7.84. The fourth-order valence-electron chi connectivity index (χ4n) is 3.14. The van der Waals surface area contributed by atoms with E-state index in [1.165, 1.54) is 0 Å². The Morgan fingerprint density at radius 1 is 1.13 bits per heavy atom. The number of aryl methyl sites for hydroxylation is 1. The van der Waals surface area contributed by atoms with Crippen LogP contribution in [-0.4, -0.2) is 48.3 Å². The van der Waals surface area contributed by atoms with Crippen molar-refractivity contribution < 1.29 is 4.74 Å². The molecule has 0 aromatic carbocycles. The van der Waals surface area contributed by atoms with Crippen molar-refractivity contribution in [3.05, 3.63) is 35.9 Å². The van der Waals surface area contributed by atoms with E-state index in [1.54, 1.807) is 0 Å². The molecule has 1 unspecified atom stereocenters. The highest BCUT2D eigenvalue weighted by Crippen LogP contribution is 2.43. The third-order valence-corrected chi connectivity index (χ3v) is 4.32. The van der Waals surface area contributed by atoms with Gasteiger partial charge in [-0.15, -0.1) is 0 Å². The van der Waals surface area contributed by atoms with Crippen LogP contribution in [0.2, 0.25) is 0 Å². The minimum Gasteiger partial charge on any atom is -0.378 e. The summed E-state index contributed by atoms with van der Waals surface area (Å²) >= 11 is 0. The summed E-state index contributed by atoms with van der Waals surface area (Å²) in [6.07, 6.45) is 3.67. The number of fused-ring (bicyclic) bond motifs is 1. The minimum absolute atomic E-state index is 0.0453. The van der Waals surface area contributed by atoms with Crippen LogP contribution >= 0.6 is 0 Å². The molecule has 2 aliphatic heterocycles. The number of hydrogen-bond donors (Lipinski definition) is 1. The normalized spacial score (nSPS) is 20.3. The molecular formula is C16H20N6O. The molecule has 4 heterocycles. The third-order valence-electron chi connectivity index (χ3n) is 4.32. The highest BCUT2D eigenvalue weighted by molar-refractivity contribution is 5.83. The van der Waals surface area contributed by atoms with Crippen molar-refractivity contribution in [3.63, 3.8) is 0 Å². The zero-order valence-corrected chi connectivity index (χ0v) is 13.4. The Kier molecular flexibility index (Phi) is 3.49. The number of morpholine rings is 1. The smallest absolute Gasteiger partial charge is 0.159 e. The number of aromatic nitrogens is 3. The first kappa shape index (κ1) is 14.2. The highest BCUT2D eigenvalue weighted by atomic mass is 16.5. The summed E-state index contributed by atoms with van der Waals surface area (Å²) in [6, 6.07) is 4.05. The summed E-state index contributed by atoms with van der Waals surface area (Å²) in [6.45, 7) is 5.13. The molecule has 0 bridgehead atoms. The van der Waals surface area contributed by atoms with Gasteiger partial charge in [-0.3, -0.25) is 4.98 Å². The average Bonchev–Trinajstić information content (AvgIpc) is 2.93. The number of pyridine rings is 1. The van der Waals surface area contributed by atoms with Gasteiger partial charge >= 0.3 is 0 Å². The number of nitrogens with zero attached hydrogens (tertiary/aromatic N) is 5. The van der Waals surface area contributed by atoms with Crippen molar-refractivity contribution in [1.82, 2.24) is 15.0 Å². The number of hydrogen-bond acceptors (Lipinski definition) is 7. The van der Waals surface area contributed by atoms with Crippen molar-refractivity contribution in [1.29, 1.82) is 0 Å². The maximum atomic E-state index is 5.46. The zero-order chi connectivity index (χ0) is 15.8. The second-order valence-electron chi connectivity index (χ2n) is 5.83. The standard InChI is InChI=1S/C16H20N6O/c1-11-18-15-13(16(19-11)22-7-9-23-10-8-22)20-14(21(15)2)12-3-5-17-6-4-12/h3-6,14,20H,7-10H2,1-2H3. The summed E-state index contributed by atoms with van der Waals surface area (Å²) < 4.78 is 5.46. The van der Waals surface area contributed by atoms with Crippen LogP contribution in [0.25, 0.3) is 0 Å². The lowest BCUT2D eigenvalue weighted by molar-refractivity contribution is 0.122. The predicted molar refractivity (Wildman–Crippen MR) is 88.8 cm³/mol. The molecule has 23 heavy (non-hydrogen) atoms. The van der Waals surface area contributed by atoms with Crippen LogP contribution in [0.5, 0.6) is 0 Å². The van der Waals surface area contributed by atoms with E-state index in [2.05, 4.69) is 37.1 Å². The lowest BCUT2D eigenvalue weighted by Gasteiger charge is -2.29. The summed E-state index contributed by atoms with van der Waals surface area (Å²) in [5.41, 5.74) is 2.16. The largest absolute Gasteiger partial charge is 0.378 e. The van der Waals surface area contributed by atoms with Crippen LogP contribution in [-0.2, 0) is 4.74 Å². The Morgan fingerprint density at radius 2 is 1.83 bits per heavy atom. The van der Waals surface area contributed by atoms with E-state index in [9.17, 15) is 0 Å². The first-order chi connectivity index (χ1) is 11.2. The van der Waals surface area contributed by atoms with Crippen molar-refractivity contribution in [3.8, 4) is 0 Å². The summed E-state index contributed by atoms with van der Waals surface area (Å²) in [7, 11) is 2.06. The Hall–Kier alpha value is -2.41. The van der Waals surface area contributed by atoms with Gasteiger partial charge in [0.2, 0.25) is 0 Å². The van der Waals surface area contributed by atoms with Gasteiger partial charge in [0.1, 0.15) is 17.7 Å². The van der Waals surface area contributed by atoms with Gasteiger partial charge in [-0.05, 0) is 24.6 Å². The SMILES string of the molecule is Cc1nc(N2CCOCC2)c2c(n1)N(C)C(c1ccncc1)N2. The lowest BCUT2D eigenvalue weighted by atomic mass is 10.2. The number of rotatable bonds is 2. The van der Waals surface area contributed by atoms with Crippen LogP contribution in [0.3, 0.4) is 0 Å². The molecule has 4 rings (SSSR count). The molecule has 0 amide bonds. The van der Waals surface area contributed by atoms with Gasteiger partial charge in [-0.2, -0.15) is 0 Å². The Balaban J connectivity index is 1.73. The number of nitrogens with one attached hydrogen (secondary N) is 1. The molecular weight excluding hydrogens is 292 g/mol. The Bertz CT molecular complexity index is 701. The van der Waals surface area contributed by atoms with Gasteiger partial charge in [0, 0.05) is 32.5 Å². The van der Waals surface area contributed by atoms with Crippen molar-refractivity contribution in [2.45, 2.75) is 13.1 Å². The monoisotopic (exact) mass is 312 g/mol.